The Morgan fingerprint density at radius 1 is 1.03 bits per heavy atom. The molecule has 4 N–H and O–H groups in total. The van der Waals surface area contributed by atoms with Gasteiger partial charge < -0.3 is 21.3 Å². The highest BCUT2D eigenvalue weighted by Gasteiger charge is 2.47. The van der Waals surface area contributed by atoms with E-state index in [0.29, 0.717) is 17.3 Å². The summed E-state index contributed by atoms with van der Waals surface area (Å²) in [5.74, 6) is 0.823. The second-order valence-electron chi connectivity index (χ2n) is 9.94. The lowest BCUT2D eigenvalue weighted by molar-refractivity contribution is -0.122. The van der Waals surface area contributed by atoms with E-state index >= 15 is 0 Å². The lowest BCUT2D eigenvalue weighted by Gasteiger charge is -2.28. The average Bonchev–Trinajstić information content (AvgIpc) is 3.68. The largest absolute Gasteiger partial charge is 0.369 e. The summed E-state index contributed by atoms with van der Waals surface area (Å²) >= 11 is 0. The fourth-order valence-corrected chi connectivity index (χ4v) is 5.82. The van der Waals surface area contributed by atoms with Crippen molar-refractivity contribution < 1.29 is 9.59 Å². The van der Waals surface area contributed by atoms with Crippen molar-refractivity contribution >= 4 is 29.3 Å². The predicted octanol–water partition coefficient (Wildman–Crippen LogP) is 3.61. The Labute approximate surface area is 215 Å². The van der Waals surface area contributed by atoms with Crippen molar-refractivity contribution in [1.82, 2.24) is 19.9 Å². The molecule has 4 atom stereocenters. The number of carbonyl (C=O) groups is 2. The van der Waals surface area contributed by atoms with E-state index in [1.807, 2.05) is 41.3 Å². The third-order valence-corrected chi connectivity index (χ3v) is 7.63. The number of nitrogens with two attached hydrogens (primary N) is 1. The minimum atomic E-state index is -0.299. The Morgan fingerprint density at radius 3 is 2.59 bits per heavy atom. The van der Waals surface area contributed by atoms with Gasteiger partial charge in [-0.3, -0.25) is 14.6 Å². The summed E-state index contributed by atoms with van der Waals surface area (Å²) in [7, 11) is 0. The monoisotopic (exact) mass is 495 g/mol. The molecule has 9 nitrogen and oxygen atoms in total. The van der Waals surface area contributed by atoms with Crippen LogP contribution in [-0.4, -0.2) is 50.8 Å². The number of pyridine rings is 1. The summed E-state index contributed by atoms with van der Waals surface area (Å²) in [6, 6.07) is 11.1. The van der Waals surface area contributed by atoms with Crippen molar-refractivity contribution in [3.63, 3.8) is 0 Å². The van der Waals surface area contributed by atoms with Crippen LogP contribution in [0, 0.1) is 17.8 Å². The number of hydrogen-bond donors (Lipinski definition) is 3. The quantitative estimate of drug-likeness (QED) is 0.428. The van der Waals surface area contributed by atoms with Gasteiger partial charge in [-0.05, 0) is 67.0 Å². The van der Waals surface area contributed by atoms with Crippen LogP contribution in [0.25, 0.3) is 11.1 Å². The van der Waals surface area contributed by atoms with Crippen LogP contribution in [0.15, 0.2) is 67.1 Å². The maximum absolute atomic E-state index is 12.9. The lowest BCUT2D eigenvalue weighted by Crippen LogP contribution is -2.41. The van der Waals surface area contributed by atoms with Gasteiger partial charge in [-0.1, -0.05) is 18.2 Å². The maximum atomic E-state index is 12.9. The molecule has 6 rings (SSSR count). The highest BCUT2D eigenvalue weighted by Crippen LogP contribution is 2.45. The van der Waals surface area contributed by atoms with Gasteiger partial charge in [-0.2, -0.15) is 4.98 Å². The van der Waals surface area contributed by atoms with E-state index in [1.54, 1.807) is 18.6 Å². The van der Waals surface area contributed by atoms with Gasteiger partial charge in [0.1, 0.15) is 5.82 Å². The van der Waals surface area contributed by atoms with Crippen molar-refractivity contribution in [3.05, 3.63) is 72.7 Å². The van der Waals surface area contributed by atoms with Gasteiger partial charge in [0, 0.05) is 54.5 Å². The van der Waals surface area contributed by atoms with E-state index < -0.39 is 0 Å². The number of carbonyl (C=O) groups excluding carboxylic acids is 2. The SMILES string of the molecule is NC(=O)[C@@H]1[C@H](Nc2nc(Nc3cccc(C(=O)N4CCCC4)c3)ncc2-c2ccncc2)[C@H]2C=C[C@@H]1C2. The molecular formula is C28H29N7O2. The van der Waals surface area contributed by atoms with Gasteiger partial charge in [0.2, 0.25) is 11.9 Å². The van der Waals surface area contributed by atoms with E-state index in [2.05, 4.69) is 32.8 Å². The van der Waals surface area contributed by atoms with E-state index in [0.717, 1.165) is 49.2 Å². The second kappa shape index (κ2) is 9.65. The standard InChI is InChI=1S/C28H29N7O2/c29-25(36)23-18-6-7-19(14-18)24(23)33-26-22(17-8-10-30-11-9-17)16-31-28(34-26)32-21-5-3-4-20(15-21)27(37)35-12-1-2-13-35/h3-11,15-16,18-19,23-24H,1-2,12-14H2,(H2,29,36)(H2,31,32,33,34)/t18-,19+,23+,24-/m1/s1. The summed E-state index contributed by atoms with van der Waals surface area (Å²) in [6.45, 7) is 1.60. The third-order valence-electron chi connectivity index (χ3n) is 7.63. The van der Waals surface area contributed by atoms with Crippen molar-refractivity contribution in [1.29, 1.82) is 0 Å². The van der Waals surface area contributed by atoms with E-state index in [9.17, 15) is 9.59 Å². The predicted molar refractivity (Wildman–Crippen MR) is 141 cm³/mol. The number of amides is 2. The highest BCUT2D eigenvalue weighted by molar-refractivity contribution is 5.95. The molecule has 0 radical (unpaired) electrons. The molecule has 0 unspecified atom stereocenters. The molecule has 2 aliphatic carbocycles. The van der Waals surface area contributed by atoms with Crippen LogP contribution in [0.2, 0.25) is 0 Å². The van der Waals surface area contributed by atoms with Crippen molar-refractivity contribution in [2.45, 2.75) is 25.3 Å². The number of fused-ring (bicyclic) bond motifs is 2. The van der Waals surface area contributed by atoms with E-state index in [1.165, 1.54) is 0 Å². The molecule has 2 bridgehead atoms. The third kappa shape index (κ3) is 4.52. The van der Waals surface area contributed by atoms with Crippen LogP contribution in [-0.2, 0) is 4.79 Å². The maximum Gasteiger partial charge on any atom is 0.253 e. The number of anilines is 3. The first kappa shape index (κ1) is 23.1. The normalized spacial score (nSPS) is 23.8. The van der Waals surface area contributed by atoms with Gasteiger partial charge in [0.25, 0.3) is 5.91 Å². The van der Waals surface area contributed by atoms with Crippen molar-refractivity contribution in [2.75, 3.05) is 23.7 Å². The first-order valence-electron chi connectivity index (χ1n) is 12.7. The van der Waals surface area contributed by atoms with Crippen LogP contribution < -0.4 is 16.4 Å². The Morgan fingerprint density at radius 2 is 1.81 bits per heavy atom. The average molecular weight is 496 g/mol. The molecule has 2 aromatic heterocycles. The van der Waals surface area contributed by atoms with Crippen LogP contribution in [0.1, 0.15) is 29.6 Å². The fraction of sp³-hybridized carbons (Fsp3) is 0.321. The van der Waals surface area contributed by atoms with Gasteiger partial charge in [-0.15, -0.1) is 0 Å². The van der Waals surface area contributed by atoms with Crippen LogP contribution in [0.3, 0.4) is 0 Å². The molecule has 37 heavy (non-hydrogen) atoms. The molecule has 0 spiro atoms. The molecule has 1 saturated carbocycles. The molecule has 3 heterocycles. The summed E-state index contributed by atoms with van der Waals surface area (Å²) < 4.78 is 0. The smallest absolute Gasteiger partial charge is 0.253 e. The molecule has 188 valence electrons. The number of nitrogens with one attached hydrogen (secondary N) is 2. The Bertz CT molecular complexity index is 1350. The number of nitrogens with zero attached hydrogens (tertiary/aromatic N) is 4. The van der Waals surface area contributed by atoms with Crippen molar-refractivity contribution in [3.8, 4) is 11.1 Å². The molecule has 3 aromatic rings. The zero-order valence-electron chi connectivity index (χ0n) is 20.4. The van der Waals surface area contributed by atoms with Gasteiger partial charge >= 0.3 is 0 Å². The summed E-state index contributed by atoms with van der Waals surface area (Å²) in [4.78, 5) is 40.5. The van der Waals surface area contributed by atoms with E-state index in [-0.39, 0.29) is 35.6 Å². The Balaban J connectivity index is 1.30. The summed E-state index contributed by atoms with van der Waals surface area (Å²) in [6.07, 6.45) is 12.5. The number of hydrogen-bond acceptors (Lipinski definition) is 7. The van der Waals surface area contributed by atoms with Crippen LogP contribution in [0.5, 0.6) is 0 Å². The zero-order valence-corrected chi connectivity index (χ0v) is 20.4. The molecule has 3 aliphatic rings. The number of allylic oxidation sites excluding steroid dienone is 1. The van der Waals surface area contributed by atoms with Gasteiger partial charge in [0.05, 0.1) is 5.92 Å². The minimum absolute atomic E-state index is 0.0410. The topological polar surface area (TPSA) is 126 Å². The van der Waals surface area contributed by atoms with E-state index in [4.69, 9.17) is 10.7 Å². The molecular weight excluding hydrogens is 466 g/mol. The second-order valence-corrected chi connectivity index (χ2v) is 9.94. The molecule has 9 heteroatoms. The molecule has 1 aliphatic heterocycles. The highest BCUT2D eigenvalue weighted by atomic mass is 16.2. The molecule has 2 amide bonds. The fourth-order valence-electron chi connectivity index (χ4n) is 5.82. The first-order chi connectivity index (χ1) is 18.1. The van der Waals surface area contributed by atoms with Gasteiger partial charge in [0.15, 0.2) is 0 Å². The lowest BCUT2D eigenvalue weighted by atomic mass is 9.88. The summed E-state index contributed by atoms with van der Waals surface area (Å²) in [5, 5.41) is 6.79. The number of benzene rings is 1. The zero-order chi connectivity index (χ0) is 25.4. The number of primary amides is 1. The summed E-state index contributed by atoms with van der Waals surface area (Å²) in [5.41, 5.74) is 8.88. The first-order valence-corrected chi connectivity index (χ1v) is 12.7. The Hall–Kier alpha value is -4.27. The van der Waals surface area contributed by atoms with Crippen LogP contribution >= 0.6 is 0 Å². The van der Waals surface area contributed by atoms with Gasteiger partial charge in [-0.25, -0.2) is 4.98 Å². The molecule has 1 saturated heterocycles. The Kier molecular flexibility index (Phi) is 6.04. The number of rotatable bonds is 7. The number of likely N-dealkylation sites (tertiary alicyclic amines) is 1. The molecule has 2 fully saturated rings. The van der Waals surface area contributed by atoms with Crippen LogP contribution in [0.4, 0.5) is 17.5 Å². The number of aromatic nitrogens is 3. The molecule has 1 aromatic carbocycles. The van der Waals surface area contributed by atoms with Crippen molar-refractivity contribution in [2.24, 2.45) is 23.5 Å². The minimum Gasteiger partial charge on any atom is -0.369 e.